The van der Waals surface area contributed by atoms with Gasteiger partial charge in [0.2, 0.25) is 0 Å². The quantitative estimate of drug-likeness (QED) is 0.728. The fourth-order valence-corrected chi connectivity index (χ4v) is 3.01. The number of carbonyl (C=O) groups is 1. The van der Waals surface area contributed by atoms with Gasteiger partial charge in [-0.3, -0.25) is 4.79 Å². The fraction of sp³-hybridized carbons (Fsp3) is 0.929. The highest BCUT2D eigenvalue weighted by Gasteiger charge is 2.30. The summed E-state index contributed by atoms with van der Waals surface area (Å²) in [5.74, 6) is 0.185. The van der Waals surface area contributed by atoms with E-state index < -0.39 is 0 Å². The Morgan fingerprint density at radius 3 is 2.89 bits per heavy atom. The molecule has 110 valence electrons. The summed E-state index contributed by atoms with van der Waals surface area (Å²) in [7, 11) is 2.00. The Bertz CT molecular complexity index is 298. The Kier molecular flexibility index (Phi) is 5.60. The molecule has 0 aromatic rings. The van der Waals surface area contributed by atoms with Gasteiger partial charge in [-0.1, -0.05) is 19.3 Å². The van der Waals surface area contributed by atoms with Crippen molar-refractivity contribution >= 4 is 5.91 Å². The predicted molar refractivity (Wildman–Crippen MR) is 72.8 cm³/mol. The van der Waals surface area contributed by atoms with E-state index in [2.05, 4.69) is 10.2 Å². The molecule has 2 rings (SSSR count). The van der Waals surface area contributed by atoms with Crippen LogP contribution in [0.2, 0.25) is 0 Å². The molecule has 5 nitrogen and oxygen atoms in total. The second kappa shape index (κ2) is 7.22. The van der Waals surface area contributed by atoms with Crippen molar-refractivity contribution < 1.29 is 14.6 Å². The molecule has 0 aromatic heterocycles. The smallest absolute Gasteiger partial charge is 0.250 e. The van der Waals surface area contributed by atoms with Crippen LogP contribution in [0.5, 0.6) is 0 Å². The number of aliphatic hydroxyl groups excluding tert-OH is 1. The first-order valence-electron chi connectivity index (χ1n) is 7.42. The Morgan fingerprint density at radius 2 is 2.16 bits per heavy atom. The van der Waals surface area contributed by atoms with Gasteiger partial charge in [0.25, 0.3) is 5.91 Å². The number of nitrogens with one attached hydrogen (secondary N) is 1. The highest BCUT2D eigenvalue weighted by Crippen LogP contribution is 2.23. The van der Waals surface area contributed by atoms with Crippen LogP contribution in [-0.2, 0) is 9.53 Å². The Balaban J connectivity index is 1.88. The Morgan fingerprint density at radius 1 is 1.37 bits per heavy atom. The van der Waals surface area contributed by atoms with E-state index in [4.69, 9.17) is 4.74 Å². The summed E-state index contributed by atoms with van der Waals surface area (Å²) in [4.78, 5) is 14.4. The number of nitrogens with zero attached hydrogens (tertiary/aromatic N) is 1. The number of aliphatic hydroxyl groups is 1. The molecule has 2 aliphatic rings. The number of hydrogen-bond donors (Lipinski definition) is 2. The number of hydrogen-bond acceptors (Lipinski definition) is 4. The van der Waals surface area contributed by atoms with E-state index in [9.17, 15) is 9.90 Å². The van der Waals surface area contributed by atoms with Crippen molar-refractivity contribution in [2.75, 3.05) is 33.4 Å². The molecular formula is C14H26N2O3. The van der Waals surface area contributed by atoms with E-state index >= 15 is 0 Å². The van der Waals surface area contributed by atoms with Gasteiger partial charge in [-0.2, -0.15) is 0 Å². The number of carbonyl (C=O) groups excluding carboxylic acids is 1. The molecule has 2 fully saturated rings. The van der Waals surface area contributed by atoms with E-state index in [0.29, 0.717) is 13.2 Å². The first kappa shape index (κ1) is 14.8. The van der Waals surface area contributed by atoms with Gasteiger partial charge in [0.05, 0.1) is 6.61 Å². The number of amides is 1. The average Bonchev–Trinajstić information content (AvgIpc) is 2.63. The Labute approximate surface area is 115 Å². The van der Waals surface area contributed by atoms with Crippen molar-refractivity contribution in [3.8, 4) is 0 Å². The van der Waals surface area contributed by atoms with Crippen LogP contribution in [-0.4, -0.2) is 61.4 Å². The normalized spacial score (nSPS) is 33.7. The third-order valence-corrected chi connectivity index (χ3v) is 4.28. The maximum Gasteiger partial charge on any atom is 0.250 e. The van der Waals surface area contributed by atoms with Crippen LogP contribution in [0.1, 0.15) is 32.1 Å². The van der Waals surface area contributed by atoms with E-state index in [1.165, 1.54) is 6.42 Å². The van der Waals surface area contributed by atoms with Crippen molar-refractivity contribution in [3.63, 3.8) is 0 Å². The summed E-state index contributed by atoms with van der Waals surface area (Å²) in [6.07, 6.45) is 5.10. The van der Waals surface area contributed by atoms with E-state index in [-0.39, 0.29) is 30.6 Å². The summed E-state index contributed by atoms with van der Waals surface area (Å²) in [6.45, 7) is 2.31. The average molecular weight is 270 g/mol. The van der Waals surface area contributed by atoms with Gasteiger partial charge in [-0.25, -0.2) is 0 Å². The van der Waals surface area contributed by atoms with Crippen molar-refractivity contribution in [1.29, 1.82) is 0 Å². The molecule has 1 aliphatic carbocycles. The van der Waals surface area contributed by atoms with Gasteiger partial charge in [0, 0.05) is 31.7 Å². The minimum atomic E-state index is -0.360. The molecule has 0 spiro atoms. The summed E-state index contributed by atoms with van der Waals surface area (Å²) >= 11 is 0. The molecule has 1 aliphatic heterocycles. The molecule has 3 atom stereocenters. The molecular weight excluding hydrogens is 244 g/mol. The lowest BCUT2D eigenvalue weighted by atomic mass is 9.95. The van der Waals surface area contributed by atoms with E-state index in [1.54, 1.807) is 0 Å². The first-order chi connectivity index (χ1) is 9.20. The zero-order valence-electron chi connectivity index (χ0n) is 11.8. The minimum Gasteiger partial charge on any atom is -0.396 e. The van der Waals surface area contributed by atoms with Gasteiger partial charge < -0.3 is 20.1 Å². The minimum absolute atomic E-state index is 0.0168. The number of likely N-dealkylation sites (N-methyl/N-ethyl adjacent to an activating group) is 1. The number of rotatable bonds is 3. The number of morpholine rings is 1. The lowest BCUT2D eigenvalue weighted by molar-refractivity contribution is -0.139. The maximum atomic E-state index is 12.2. The molecule has 1 heterocycles. The second-order valence-electron chi connectivity index (χ2n) is 5.82. The van der Waals surface area contributed by atoms with E-state index in [1.807, 2.05) is 7.05 Å². The maximum absolute atomic E-state index is 12.2. The molecule has 1 amide bonds. The molecule has 19 heavy (non-hydrogen) atoms. The van der Waals surface area contributed by atoms with Crippen molar-refractivity contribution in [1.82, 2.24) is 10.2 Å². The molecule has 0 bridgehead atoms. The fourth-order valence-electron chi connectivity index (χ4n) is 3.01. The van der Waals surface area contributed by atoms with Crippen LogP contribution < -0.4 is 5.32 Å². The monoisotopic (exact) mass is 270 g/mol. The summed E-state index contributed by atoms with van der Waals surface area (Å²) < 4.78 is 5.54. The third-order valence-electron chi connectivity index (χ3n) is 4.28. The topological polar surface area (TPSA) is 61.8 Å². The second-order valence-corrected chi connectivity index (χ2v) is 5.82. The third kappa shape index (κ3) is 4.16. The van der Waals surface area contributed by atoms with Gasteiger partial charge in [0.1, 0.15) is 6.10 Å². The standard InChI is InChI=1S/C14H26N2O3/c1-16-7-8-19-13(9-16)14(18)15-12-6-4-2-3-5-11(12)10-17/h11-13,17H,2-10H2,1H3,(H,15,18). The largest absolute Gasteiger partial charge is 0.396 e. The van der Waals surface area contributed by atoms with Crippen LogP contribution in [0.25, 0.3) is 0 Å². The van der Waals surface area contributed by atoms with Gasteiger partial charge in [-0.15, -0.1) is 0 Å². The first-order valence-corrected chi connectivity index (χ1v) is 7.42. The van der Waals surface area contributed by atoms with Crippen LogP contribution in [0.4, 0.5) is 0 Å². The zero-order chi connectivity index (χ0) is 13.7. The zero-order valence-corrected chi connectivity index (χ0v) is 11.8. The molecule has 1 saturated carbocycles. The van der Waals surface area contributed by atoms with Crippen LogP contribution in [0, 0.1) is 5.92 Å². The number of ether oxygens (including phenoxy) is 1. The molecule has 0 aromatic carbocycles. The highest BCUT2D eigenvalue weighted by atomic mass is 16.5. The summed E-state index contributed by atoms with van der Waals surface area (Å²) in [6, 6.07) is 0.107. The van der Waals surface area contributed by atoms with Crippen molar-refractivity contribution in [3.05, 3.63) is 0 Å². The lowest BCUT2D eigenvalue weighted by Crippen LogP contribution is -2.52. The van der Waals surface area contributed by atoms with Crippen molar-refractivity contribution in [2.24, 2.45) is 5.92 Å². The van der Waals surface area contributed by atoms with Crippen LogP contribution in [0.3, 0.4) is 0 Å². The summed E-state index contributed by atoms with van der Waals surface area (Å²) in [5.41, 5.74) is 0. The van der Waals surface area contributed by atoms with E-state index in [0.717, 1.165) is 32.2 Å². The molecule has 5 heteroatoms. The predicted octanol–water partition coefficient (Wildman–Crippen LogP) is 0.374. The van der Waals surface area contributed by atoms with Gasteiger partial charge in [0.15, 0.2) is 0 Å². The van der Waals surface area contributed by atoms with Gasteiger partial charge >= 0.3 is 0 Å². The van der Waals surface area contributed by atoms with Crippen LogP contribution >= 0.6 is 0 Å². The van der Waals surface area contributed by atoms with Gasteiger partial charge in [-0.05, 0) is 19.9 Å². The van der Waals surface area contributed by atoms with Crippen LogP contribution in [0.15, 0.2) is 0 Å². The summed E-state index contributed by atoms with van der Waals surface area (Å²) in [5, 5.41) is 12.6. The molecule has 2 N–H and O–H groups in total. The lowest BCUT2D eigenvalue weighted by Gasteiger charge is -2.31. The Hall–Kier alpha value is -0.650. The molecule has 3 unspecified atom stereocenters. The van der Waals surface area contributed by atoms with Crippen molar-refractivity contribution in [2.45, 2.75) is 44.2 Å². The molecule has 1 saturated heterocycles. The molecule has 0 radical (unpaired) electrons. The SMILES string of the molecule is CN1CCOC(C(=O)NC2CCCCCC2CO)C1. The highest BCUT2D eigenvalue weighted by molar-refractivity contribution is 5.81.